The molecule has 0 radical (unpaired) electrons. The molecule has 0 aromatic heterocycles. The highest BCUT2D eigenvalue weighted by molar-refractivity contribution is 14.1. The highest BCUT2D eigenvalue weighted by atomic mass is 127. The number of thiocarbonyl (C=S) groups is 1. The first-order chi connectivity index (χ1) is 64.5. The van der Waals surface area contributed by atoms with Gasteiger partial charge in [-0.25, -0.2) is 60.5 Å². The van der Waals surface area contributed by atoms with Crippen LogP contribution < -0.4 is 51.8 Å². The van der Waals surface area contributed by atoms with Crippen LogP contribution in [-0.2, 0) is 90.9 Å². The lowest BCUT2D eigenvalue weighted by Gasteiger charge is -2.46. The van der Waals surface area contributed by atoms with Crippen LogP contribution >= 0.6 is 34.8 Å². The Morgan fingerprint density at radius 1 is 0.444 bits per heavy atom. The second kappa shape index (κ2) is 43.4. The number of nitrogens with one attached hydrogen (secondary N) is 4. The minimum absolute atomic E-state index is 0.0578. The number of carbonyl (C=O) groups excluding carboxylic acids is 6. The molecule has 4 atom stereocenters. The number of ether oxygens (including phenoxy) is 8. The first-order valence-corrected chi connectivity index (χ1v) is 48.9. The van der Waals surface area contributed by atoms with Gasteiger partial charge in [-0.15, -0.1) is 0 Å². The molecule has 12 aliphatic carbocycles. The molecule has 8 spiro atoms. The van der Waals surface area contributed by atoms with Crippen LogP contribution in [0.15, 0.2) is 77.8 Å². The van der Waals surface area contributed by atoms with Gasteiger partial charge in [0.25, 0.3) is 42.9 Å². The Bertz CT molecular complexity index is 4730. The number of aliphatic imine (C=N–C) groups is 1. The van der Waals surface area contributed by atoms with Crippen molar-refractivity contribution in [3.05, 3.63) is 117 Å². The third-order valence-corrected chi connectivity index (χ3v) is 31.4. The van der Waals surface area contributed by atoms with Crippen molar-refractivity contribution in [1.82, 2.24) is 36.0 Å². The maximum Gasteiger partial charge on any atom is 0.325 e. The van der Waals surface area contributed by atoms with Crippen LogP contribution in [0.1, 0.15) is 219 Å². The van der Waals surface area contributed by atoms with Gasteiger partial charge < -0.3 is 69.9 Å². The average Bonchev–Trinajstić information content (AvgIpc) is 1.52. The SMILES string of the molecule is CC(C)(C)OO.CO.COC1CCC2(CC1)Cc1ccc(OCC3CC3)cc1C21N=C(N)N(CC(F)F)C1=O.COC1CCC2(CC1)Cc1ccc(OCC3CC3)cc1C21NC(=O)N(CC(F)F)C1=O.COC1CCC2(CC1)Cc1ccc(OCC3CC3)cc1C21NC(=O)NC1=O.COC1CCC2(CC1)Cc1ccc(OCC3CC3)cc1C21NC(=S)N(CC(F)F)C1=O.FC(F)CI.NO. The van der Waals surface area contributed by atoms with E-state index in [1.54, 1.807) is 71.8 Å². The summed E-state index contributed by atoms with van der Waals surface area (Å²) in [5.41, 5.74) is 6.64. The molecule has 8 saturated carbocycles. The molecule has 8 amide bonds. The summed E-state index contributed by atoms with van der Waals surface area (Å²) < 4.78 is 147. The van der Waals surface area contributed by atoms with Crippen LogP contribution in [0.4, 0.5) is 44.7 Å². The zero-order valence-corrected chi connectivity index (χ0v) is 81.0. The van der Waals surface area contributed by atoms with E-state index in [1.807, 2.05) is 66.7 Å². The lowest BCUT2D eigenvalue weighted by atomic mass is 9.61. The van der Waals surface area contributed by atoms with E-state index in [0.29, 0.717) is 97.6 Å². The second-order valence-corrected chi connectivity index (χ2v) is 41.0. The van der Waals surface area contributed by atoms with Crippen LogP contribution in [0.25, 0.3) is 0 Å². The van der Waals surface area contributed by atoms with Crippen molar-refractivity contribution in [3.8, 4) is 23.0 Å². The number of carbonyl (C=O) groups is 6. The summed E-state index contributed by atoms with van der Waals surface area (Å²) in [6.45, 7) is 5.68. The summed E-state index contributed by atoms with van der Waals surface area (Å²) in [6, 6.07) is 22.4. The molecule has 4 aliphatic heterocycles. The van der Waals surface area contributed by atoms with Gasteiger partial charge in [0, 0.05) is 57.2 Å². The number of rotatable bonds is 23. The van der Waals surface area contributed by atoms with E-state index in [-0.39, 0.29) is 57.1 Å². The van der Waals surface area contributed by atoms with Crippen LogP contribution in [-0.4, -0.2) is 219 Å². The van der Waals surface area contributed by atoms with Crippen molar-refractivity contribution in [2.75, 3.05) is 86.0 Å². The van der Waals surface area contributed by atoms with Gasteiger partial charge in [-0.1, -0.05) is 46.9 Å². The van der Waals surface area contributed by atoms with Crippen molar-refractivity contribution in [2.24, 2.45) is 62.0 Å². The van der Waals surface area contributed by atoms with Crippen molar-refractivity contribution < 1.29 is 122 Å². The second-order valence-electron chi connectivity index (χ2n) is 39.7. The Hall–Kier alpha value is -7.93. The van der Waals surface area contributed by atoms with E-state index in [0.717, 1.165) is 183 Å². The van der Waals surface area contributed by atoms with Gasteiger partial charge in [0.1, 0.15) is 23.0 Å². The van der Waals surface area contributed by atoms with E-state index >= 15 is 0 Å². The maximum absolute atomic E-state index is 13.8. The minimum Gasteiger partial charge on any atom is -0.493 e. The number of benzene rings is 4. The van der Waals surface area contributed by atoms with E-state index in [2.05, 4.69) is 38.1 Å². The molecule has 746 valence electrons. The summed E-state index contributed by atoms with van der Waals surface area (Å²) in [5, 5.41) is 33.2. The number of guanidine groups is 1. The predicted octanol–water partition coefficient (Wildman–Crippen LogP) is 15.2. The number of amides is 8. The van der Waals surface area contributed by atoms with Crippen LogP contribution in [0.2, 0.25) is 0 Å². The number of aliphatic hydroxyl groups is 1. The van der Waals surface area contributed by atoms with Gasteiger partial charge in [-0.05, 0) is 329 Å². The zero-order chi connectivity index (χ0) is 97.5. The van der Waals surface area contributed by atoms with Crippen LogP contribution in [0.5, 0.6) is 23.0 Å². The van der Waals surface area contributed by atoms with Gasteiger partial charge in [0.05, 0.1) is 80.5 Å². The quantitative estimate of drug-likeness (QED) is 0.00633. The van der Waals surface area contributed by atoms with Crippen LogP contribution in [0, 0.1) is 45.3 Å². The number of hydrogen-bond acceptors (Lipinski definition) is 22. The number of nitrogens with zero attached hydrogens (tertiary/aromatic N) is 4. The lowest BCUT2D eigenvalue weighted by Crippen LogP contribution is -2.57. The molecule has 16 aliphatic rings. The maximum atomic E-state index is 13.8. The number of fused-ring (bicyclic) bond motifs is 12. The van der Waals surface area contributed by atoms with Crippen molar-refractivity contribution in [3.63, 3.8) is 0 Å². The fraction of sp³-hybridized carbons (Fsp3) is 0.670. The number of urea groups is 2. The summed E-state index contributed by atoms with van der Waals surface area (Å²) in [4.78, 5) is 90.7. The molecule has 4 heterocycles. The van der Waals surface area contributed by atoms with E-state index < -0.39 is 113 Å². The minimum atomic E-state index is -2.78. The monoisotopic (exact) mass is 2030 g/mol. The van der Waals surface area contributed by atoms with E-state index in [1.165, 1.54) is 38.5 Å². The van der Waals surface area contributed by atoms with Gasteiger partial charge in [0.2, 0.25) is 6.43 Å². The summed E-state index contributed by atoms with van der Waals surface area (Å²) in [6.07, 6.45) is 15.4. The lowest BCUT2D eigenvalue weighted by molar-refractivity contribution is -0.306. The van der Waals surface area contributed by atoms with E-state index in [9.17, 15) is 63.9 Å². The van der Waals surface area contributed by atoms with Gasteiger partial charge in [0.15, 0.2) is 33.2 Å². The molecule has 28 nitrogen and oxygen atoms in total. The topological polar surface area (TPSA) is 368 Å². The molecule has 4 aromatic rings. The molecule has 135 heavy (non-hydrogen) atoms. The Kier molecular flexibility index (Phi) is 33.6. The Morgan fingerprint density at radius 3 is 1.06 bits per heavy atom. The molecule has 38 heteroatoms. The van der Waals surface area contributed by atoms with E-state index in [4.69, 9.17) is 76.4 Å². The molecule has 4 aromatic carbocycles. The number of alkyl halides is 9. The molecule has 11 N–H and O–H groups in total. The van der Waals surface area contributed by atoms with Crippen LogP contribution in [0.3, 0.4) is 0 Å². The molecule has 11 fully saturated rings. The first-order valence-electron chi connectivity index (χ1n) is 47.0. The highest BCUT2D eigenvalue weighted by Crippen LogP contribution is 2.66. The molecule has 4 unspecified atom stereocenters. The fourth-order valence-electron chi connectivity index (χ4n) is 22.7. The number of hydrogen-bond donors (Lipinski definition) is 9. The standard InChI is InChI=1S/C23H29F2N3O3.C23H28F2N2O4.C23H28F2N2O3S.C21H26N2O4.C4H10O2.C2H3F2I.CH4O.H3NO/c1-30-16-6-8-22(9-7-16)11-15-4-5-17(31-13-14-2-3-14)10-18(15)23(22)20(29)28(12-19(24)25)21(26)27-23;1-30-16-6-8-22(9-7-16)11-15-4-5-17(31-13-14-2-3-14)10-18(15)23(22)20(28)27(12-19(24)25)21(29)26-23;1-29-16-6-8-22(9-7-16)11-15-4-5-17(30-13-14-2-3-14)10-18(15)23(22)20(28)27(12-19(24)25)21(31)26-23;1-26-15-6-8-20(9-7-15)11-14-4-5-16(27-12-13-2-3-13)10-17(14)21(20)18(24)22-19(25)23-21;1-4(2,3)6-5;3-2(4)1-5;2*1-2/h4-5,10,14,16,19H,2-3,6-9,11-13H2,1H3,(H2,26,27);4-5,10,14,16,19H,2-3,6-9,11-13H2,1H3,(H,26,29);4-5,10,14,16,19H,2-3,6-9,11-13H2,1H3,(H,26,31);4-5,10,13,15H,2-3,6-9,11-12H2,1H3,(H2,22,23,24,25);5H,1-3H3;2H,1H2;2H,1H3;2H,1H2. The third-order valence-electron chi connectivity index (χ3n) is 30.4. The number of nitrogens with two attached hydrogens (primary N) is 2. The number of imide groups is 2. The van der Waals surface area contributed by atoms with Crippen molar-refractivity contribution >= 4 is 81.6 Å². The number of halogens is 9. The third kappa shape index (κ3) is 21.4. The number of methoxy groups -OCH3 is 4. The first kappa shape index (κ1) is 104. The molecule has 0 bridgehead atoms. The Balaban J connectivity index is 0.000000145. The molecular formula is C97H131F8IN10O18S. The van der Waals surface area contributed by atoms with Crippen molar-refractivity contribution in [1.29, 1.82) is 0 Å². The van der Waals surface area contributed by atoms with Gasteiger partial charge in [-0.2, -0.15) is 0 Å². The van der Waals surface area contributed by atoms with Gasteiger partial charge >= 0.3 is 12.1 Å². The largest absolute Gasteiger partial charge is 0.493 e. The van der Waals surface area contributed by atoms with Crippen molar-refractivity contribution in [2.45, 2.75) is 278 Å². The summed E-state index contributed by atoms with van der Waals surface area (Å²) in [5.74, 6) is 7.12. The summed E-state index contributed by atoms with van der Waals surface area (Å²) in [7, 11) is 7.84. The predicted molar refractivity (Wildman–Crippen MR) is 495 cm³/mol. The van der Waals surface area contributed by atoms with Gasteiger partial charge in [-0.3, -0.25) is 44.5 Å². The molecule has 20 rings (SSSR count). The zero-order valence-electron chi connectivity index (χ0n) is 78.0. The summed E-state index contributed by atoms with van der Waals surface area (Å²) >= 11 is 7.03. The Morgan fingerprint density at radius 2 is 0.741 bits per heavy atom. The number of aliphatic hydroxyl groups excluding tert-OH is 1. The fourth-order valence-corrected chi connectivity index (χ4v) is 23.0. The Labute approximate surface area is 801 Å². The highest BCUT2D eigenvalue weighted by Gasteiger charge is 2.72. The molecule has 3 saturated heterocycles. The molecular weight excluding hydrogens is 1900 g/mol. The smallest absolute Gasteiger partial charge is 0.325 e. The average molecular weight is 2040 g/mol. The normalized spacial score (nSPS) is 30.1.